The standard InChI is InChI=1S/C25H33N5O/c1-19-14-23(18-30(19)16-20-8-4-3-5-9-20)28-25(26-2)27-15-24(31)29-13-12-21-10-6-7-11-22(21)17-29/h3-11,19,23H,12-18H2,1-2H3,(H2,26,27,28). The van der Waals surface area contributed by atoms with Crippen LogP contribution in [0.25, 0.3) is 0 Å². The van der Waals surface area contributed by atoms with Crippen molar-refractivity contribution in [1.82, 2.24) is 20.4 Å². The van der Waals surface area contributed by atoms with Crippen molar-refractivity contribution in [2.75, 3.05) is 26.7 Å². The highest BCUT2D eigenvalue weighted by Crippen LogP contribution is 2.20. The fourth-order valence-corrected chi connectivity index (χ4v) is 4.61. The molecule has 0 spiro atoms. The second-order valence-corrected chi connectivity index (χ2v) is 8.60. The van der Waals surface area contributed by atoms with Crippen molar-refractivity contribution >= 4 is 11.9 Å². The van der Waals surface area contributed by atoms with Crippen LogP contribution < -0.4 is 10.6 Å². The van der Waals surface area contributed by atoms with Crippen LogP contribution in [0.1, 0.15) is 30.0 Å². The van der Waals surface area contributed by atoms with Crippen molar-refractivity contribution in [2.45, 2.75) is 44.9 Å². The monoisotopic (exact) mass is 419 g/mol. The molecular formula is C25H33N5O. The Hall–Kier alpha value is -2.86. The molecule has 6 heteroatoms. The first-order chi connectivity index (χ1) is 15.1. The van der Waals surface area contributed by atoms with Gasteiger partial charge < -0.3 is 15.5 Å². The van der Waals surface area contributed by atoms with Crippen molar-refractivity contribution in [2.24, 2.45) is 4.99 Å². The molecule has 2 aromatic carbocycles. The summed E-state index contributed by atoms with van der Waals surface area (Å²) < 4.78 is 0. The largest absolute Gasteiger partial charge is 0.352 e. The van der Waals surface area contributed by atoms with Crippen LogP contribution in [0.5, 0.6) is 0 Å². The zero-order valence-electron chi connectivity index (χ0n) is 18.6. The van der Waals surface area contributed by atoms with E-state index in [2.05, 4.69) is 76.0 Å². The van der Waals surface area contributed by atoms with Crippen molar-refractivity contribution in [3.05, 3.63) is 71.3 Å². The Morgan fingerprint density at radius 1 is 1.10 bits per heavy atom. The molecule has 2 heterocycles. The quantitative estimate of drug-likeness (QED) is 0.577. The summed E-state index contributed by atoms with van der Waals surface area (Å²) in [7, 11) is 1.76. The van der Waals surface area contributed by atoms with Crippen molar-refractivity contribution < 1.29 is 4.79 Å². The molecule has 0 radical (unpaired) electrons. The van der Waals surface area contributed by atoms with E-state index in [1.807, 2.05) is 11.0 Å². The number of guanidine groups is 1. The number of benzene rings is 2. The summed E-state index contributed by atoms with van der Waals surface area (Å²) in [5.74, 6) is 0.812. The number of aliphatic imine (C=N–C) groups is 1. The lowest BCUT2D eigenvalue weighted by Gasteiger charge is -2.29. The van der Waals surface area contributed by atoms with Gasteiger partial charge in [0.2, 0.25) is 5.91 Å². The molecule has 0 aliphatic carbocycles. The third-order valence-electron chi connectivity index (χ3n) is 6.39. The van der Waals surface area contributed by atoms with Gasteiger partial charge in [-0.05, 0) is 36.5 Å². The number of carbonyl (C=O) groups excluding carboxylic acids is 1. The highest BCUT2D eigenvalue weighted by Gasteiger charge is 2.29. The molecule has 0 bridgehead atoms. The van der Waals surface area contributed by atoms with Gasteiger partial charge in [-0.3, -0.25) is 14.7 Å². The average molecular weight is 420 g/mol. The maximum absolute atomic E-state index is 12.7. The Morgan fingerprint density at radius 2 is 1.84 bits per heavy atom. The summed E-state index contributed by atoms with van der Waals surface area (Å²) >= 11 is 0. The fourth-order valence-electron chi connectivity index (χ4n) is 4.61. The Balaban J connectivity index is 1.25. The topological polar surface area (TPSA) is 60.0 Å². The SMILES string of the molecule is CN=C(NCC(=O)N1CCc2ccccc2C1)NC1CC(C)N(Cc2ccccc2)C1. The number of nitrogens with zero attached hydrogens (tertiary/aromatic N) is 3. The zero-order chi connectivity index (χ0) is 21.6. The first kappa shape index (κ1) is 21.4. The molecule has 2 aromatic rings. The molecule has 2 aliphatic rings. The van der Waals surface area contributed by atoms with E-state index in [0.29, 0.717) is 24.6 Å². The van der Waals surface area contributed by atoms with Gasteiger partial charge in [-0.25, -0.2) is 0 Å². The summed E-state index contributed by atoms with van der Waals surface area (Å²) in [5, 5.41) is 6.74. The first-order valence-corrected chi connectivity index (χ1v) is 11.2. The Kier molecular flexibility index (Phi) is 6.87. The lowest BCUT2D eigenvalue weighted by Crippen LogP contribution is -2.48. The smallest absolute Gasteiger partial charge is 0.242 e. The summed E-state index contributed by atoms with van der Waals surface area (Å²) in [6, 6.07) is 19.8. The second kappa shape index (κ2) is 9.96. The molecule has 1 saturated heterocycles. The maximum Gasteiger partial charge on any atom is 0.242 e. The number of likely N-dealkylation sites (tertiary alicyclic amines) is 1. The molecule has 1 fully saturated rings. The normalized spacial score (nSPS) is 21.6. The summed E-state index contributed by atoms with van der Waals surface area (Å²) in [6.07, 6.45) is 1.98. The number of hydrogen-bond acceptors (Lipinski definition) is 3. The van der Waals surface area contributed by atoms with Gasteiger partial charge in [0.1, 0.15) is 0 Å². The van der Waals surface area contributed by atoms with E-state index in [1.54, 1.807) is 7.05 Å². The minimum atomic E-state index is 0.114. The van der Waals surface area contributed by atoms with E-state index >= 15 is 0 Å². The average Bonchev–Trinajstić information content (AvgIpc) is 3.15. The second-order valence-electron chi connectivity index (χ2n) is 8.60. The third-order valence-corrected chi connectivity index (χ3v) is 6.39. The van der Waals surface area contributed by atoms with Gasteiger partial charge in [0.15, 0.2) is 5.96 Å². The van der Waals surface area contributed by atoms with Gasteiger partial charge in [-0.15, -0.1) is 0 Å². The van der Waals surface area contributed by atoms with Crippen molar-refractivity contribution in [1.29, 1.82) is 0 Å². The summed E-state index contributed by atoms with van der Waals surface area (Å²) in [4.78, 5) is 21.5. The van der Waals surface area contributed by atoms with Gasteiger partial charge in [-0.1, -0.05) is 54.6 Å². The minimum Gasteiger partial charge on any atom is -0.352 e. The van der Waals surface area contributed by atoms with Gasteiger partial charge in [0.25, 0.3) is 0 Å². The van der Waals surface area contributed by atoms with Gasteiger partial charge >= 0.3 is 0 Å². The molecule has 2 atom stereocenters. The first-order valence-electron chi connectivity index (χ1n) is 11.2. The van der Waals surface area contributed by atoms with Gasteiger partial charge in [-0.2, -0.15) is 0 Å². The van der Waals surface area contributed by atoms with Gasteiger partial charge in [0, 0.05) is 45.3 Å². The van der Waals surface area contributed by atoms with Crippen LogP contribution in [-0.4, -0.2) is 60.4 Å². The number of carbonyl (C=O) groups is 1. The van der Waals surface area contributed by atoms with Crippen LogP contribution in [0.15, 0.2) is 59.6 Å². The van der Waals surface area contributed by atoms with E-state index in [0.717, 1.165) is 32.5 Å². The number of nitrogens with one attached hydrogen (secondary N) is 2. The van der Waals surface area contributed by atoms with E-state index in [-0.39, 0.29) is 12.5 Å². The van der Waals surface area contributed by atoms with Crippen LogP contribution in [0.4, 0.5) is 0 Å². The number of hydrogen-bond donors (Lipinski definition) is 2. The van der Waals surface area contributed by atoms with Crippen LogP contribution in [0.3, 0.4) is 0 Å². The molecule has 2 aliphatic heterocycles. The van der Waals surface area contributed by atoms with Crippen LogP contribution in [0, 0.1) is 0 Å². The third kappa shape index (κ3) is 5.44. The molecule has 2 unspecified atom stereocenters. The fraction of sp³-hybridized carbons (Fsp3) is 0.440. The predicted octanol–water partition coefficient (Wildman–Crippen LogP) is 2.40. The molecule has 1 amide bonds. The Bertz CT molecular complexity index is 913. The maximum atomic E-state index is 12.7. The highest BCUT2D eigenvalue weighted by molar-refractivity contribution is 5.86. The molecule has 4 rings (SSSR count). The van der Waals surface area contributed by atoms with Crippen LogP contribution in [0.2, 0.25) is 0 Å². The van der Waals surface area contributed by atoms with E-state index in [4.69, 9.17) is 0 Å². The number of fused-ring (bicyclic) bond motifs is 1. The minimum absolute atomic E-state index is 0.114. The van der Waals surface area contributed by atoms with E-state index in [9.17, 15) is 4.79 Å². The summed E-state index contributed by atoms with van der Waals surface area (Å²) in [5.41, 5.74) is 3.95. The molecule has 0 saturated carbocycles. The molecule has 164 valence electrons. The lowest BCUT2D eigenvalue weighted by molar-refractivity contribution is -0.130. The molecule has 6 nitrogen and oxygen atoms in total. The van der Waals surface area contributed by atoms with Gasteiger partial charge in [0.05, 0.1) is 6.54 Å². The van der Waals surface area contributed by atoms with Crippen molar-refractivity contribution in [3.63, 3.8) is 0 Å². The lowest BCUT2D eigenvalue weighted by atomic mass is 10.00. The molecule has 2 N–H and O–H groups in total. The zero-order valence-corrected chi connectivity index (χ0v) is 18.6. The number of amides is 1. The Morgan fingerprint density at radius 3 is 2.61 bits per heavy atom. The predicted molar refractivity (Wildman–Crippen MR) is 125 cm³/mol. The van der Waals surface area contributed by atoms with E-state index in [1.165, 1.54) is 16.7 Å². The van der Waals surface area contributed by atoms with Crippen LogP contribution >= 0.6 is 0 Å². The summed E-state index contributed by atoms with van der Waals surface area (Å²) in [6.45, 7) is 5.93. The van der Waals surface area contributed by atoms with E-state index < -0.39 is 0 Å². The molecular weight excluding hydrogens is 386 g/mol. The van der Waals surface area contributed by atoms with Crippen LogP contribution in [-0.2, 0) is 24.3 Å². The molecule has 0 aromatic heterocycles. The highest BCUT2D eigenvalue weighted by atomic mass is 16.2. The number of rotatable bonds is 5. The molecule has 31 heavy (non-hydrogen) atoms. The van der Waals surface area contributed by atoms with Crippen molar-refractivity contribution in [3.8, 4) is 0 Å². The Labute approximate surface area is 185 Å².